The summed E-state index contributed by atoms with van der Waals surface area (Å²) < 4.78 is 17.6. The maximum absolute atomic E-state index is 13.8. The Morgan fingerprint density at radius 1 is 0.950 bits per heavy atom. The fraction of sp³-hybridized carbons (Fsp3) is 0.355. The van der Waals surface area contributed by atoms with Gasteiger partial charge < -0.3 is 14.2 Å². The van der Waals surface area contributed by atoms with Crippen LogP contribution >= 0.6 is 11.6 Å². The lowest BCUT2D eigenvalue weighted by atomic mass is 9.72. The zero-order valence-electron chi connectivity index (χ0n) is 23.2. The Kier molecular flexibility index (Phi) is 10.0. The van der Waals surface area contributed by atoms with Crippen LogP contribution < -0.4 is 0 Å². The van der Waals surface area contributed by atoms with E-state index in [9.17, 15) is 9.59 Å². The van der Waals surface area contributed by atoms with E-state index >= 15 is 0 Å². The summed E-state index contributed by atoms with van der Waals surface area (Å²) >= 11 is 6.20. The van der Waals surface area contributed by atoms with Gasteiger partial charge in [-0.05, 0) is 44.5 Å². The summed E-state index contributed by atoms with van der Waals surface area (Å²) in [4.78, 5) is 32.1. The molecule has 3 aromatic rings. The lowest BCUT2D eigenvalue weighted by Crippen LogP contribution is -2.36. The number of aromatic nitrogens is 2. The molecule has 0 bridgehead atoms. The first-order chi connectivity index (χ1) is 19.3. The van der Waals surface area contributed by atoms with Gasteiger partial charge in [-0.3, -0.25) is 9.79 Å². The molecule has 0 amide bonds. The van der Waals surface area contributed by atoms with Crippen LogP contribution in [0.1, 0.15) is 38.2 Å². The normalized spacial score (nSPS) is 17.1. The number of hydrogen-bond acceptors (Lipinski definition) is 7. The van der Waals surface area contributed by atoms with E-state index in [0.717, 1.165) is 16.8 Å². The SMILES string of the molecule is COCCCC(=O)C1C(C)=NC(C)=C(C(=O)OCCOC)C1c1cn(-c2ccccc2)nc1-c1ccc(Cl)cc1. The molecule has 0 saturated carbocycles. The summed E-state index contributed by atoms with van der Waals surface area (Å²) in [5.41, 5.74) is 4.53. The van der Waals surface area contributed by atoms with E-state index < -0.39 is 17.8 Å². The zero-order valence-corrected chi connectivity index (χ0v) is 24.0. The first kappa shape index (κ1) is 29.4. The van der Waals surface area contributed by atoms with E-state index in [1.165, 1.54) is 0 Å². The van der Waals surface area contributed by atoms with Crippen LogP contribution in [0.4, 0.5) is 0 Å². The summed E-state index contributed by atoms with van der Waals surface area (Å²) in [7, 11) is 3.15. The van der Waals surface area contributed by atoms with E-state index in [0.29, 0.717) is 40.7 Å². The van der Waals surface area contributed by atoms with E-state index in [2.05, 4.69) is 4.99 Å². The summed E-state index contributed by atoms with van der Waals surface area (Å²) in [6.45, 7) is 4.42. The molecular weight excluding hydrogens is 530 g/mol. The number of carbonyl (C=O) groups is 2. The number of ether oxygens (including phenoxy) is 3. The predicted octanol–water partition coefficient (Wildman–Crippen LogP) is 5.83. The molecule has 1 aliphatic rings. The zero-order chi connectivity index (χ0) is 28.6. The van der Waals surface area contributed by atoms with Gasteiger partial charge >= 0.3 is 5.97 Å². The summed E-state index contributed by atoms with van der Waals surface area (Å²) in [6, 6.07) is 17.1. The van der Waals surface area contributed by atoms with E-state index in [1.807, 2.05) is 55.6 Å². The number of hydrogen-bond donors (Lipinski definition) is 0. The molecule has 0 aliphatic carbocycles. The average molecular weight is 564 g/mol. The molecule has 210 valence electrons. The molecule has 1 aromatic heterocycles. The number of nitrogens with zero attached hydrogens (tertiary/aromatic N) is 3. The molecule has 2 unspecified atom stereocenters. The number of halogens is 1. The Morgan fingerprint density at radius 2 is 1.65 bits per heavy atom. The number of carbonyl (C=O) groups excluding carboxylic acids is 2. The first-order valence-electron chi connectivity index (χ1n) is 13.2. The van der Waals surface area contributed by atoms with Gasteiger partial charge in [0.2, 0.25) is 0 Å². The molecule has 8 nitrogen and oxygen atoms in total. The van der Waals surface area contributed by atoms with Crippen LogP contribution in [0, 0.1) is 5.92 Å². The minimum atomic E-state index is -0.676. The van der Waals surface area contributed by atoms with Crippen molar-refractivity contribution in [3.05, 3.63) is 82.7 Å². The van der Waals surface area contributed by atoms with Gasteiger partial charge in [0.05, 0.1) is 29.5 Å². The Labute approximate surface area is 239 Å². The lowest BCUT2D eigenvalue weighted by Gasteiger charge is -2.32. The number of Topliss-reactive ketones (excluding diaryl/α,β-unsaturated/α-hetero) is 1. The number of aliphatic imine (C=N–C) groups is 1. The van der Waals surface area contributed by atoms with Crippen molar-refractivity contribution in [1.82, 2.24) is 9.78 Å². The Balaban J connectivity index is 1.91. The van der Waals surface area contributed by atoms with Crippen molar-refractivity contribution in [2.75, 3.05) is 34.0 Å². The maximum atomic E-state index is 13.8. The monoisotopic (exact) mass is 563 g/mol. The Hall–Kier alpha value is -3.59. The highest BCUT2D eigenvalue weighted by molar-refractivity contribution is 6.30. The highest BCUT2D eigenvalue weighted by Crippen LogP contribution is 2.44. The third kappa shape index (κ3) is 6.58. The van der Waals surface area contributed by atoms with E-state index in [1.54, 1.807) is 38.0 Å². The third-order valence-corrected chi connectivity index (χ3v) is 7.16. The second-order valence-electron chi connectivity index (χ2n) is 9.62. The fourth-order valence-corrected chi connectivity index (χ4v) is 5.18. The Morgan fingerprint density at radius 3 is 2.33 bits per heavy atom. The second-order valence-corrected chi connectivity index (χ2v) is 10.1. The topological polar surface area (TPSA) is 92.0 Å². The molecule has 9 heteroatoms. The average Bonchev–Trinajstić information content (AvgIpc) is 3.39. The van der Waals surface area contributed by atoms with Crippen LogP contribution in [0.15, 0.2) is 77.1 Å². The van der Waals surface area contributed by atoms with Crippen molar-refractivity contribution in [1.29, 1.82) is 0 Å². The van der Waals surface area contributed by atoms with Gasteiger partial charge in [0.25, 0.3) is 0 Å². The summed E-state index contributed by atoms with van der Waals surface area (Å²) in [5, 5.41) is 5.55. The number of methoxy groups -OCH3 is 2. The summed E-state index contributed by atoms with van der Waals surface area (Å²) in [6.07, 6.45) is 2.75. The van der Waals surface area contributed by atoms with Gasteiger partial charge in [0.1, 0.15) is 12.4 Å². The maximum Gasteiger partial charge on any atom is 0.336 e. The standard InChI is InChI=1S/C31H34ClN3O5/c1-20-27(26(36)11-8-16-38-3)29(28(21(2)33-20)31(37)40-18-17-39-4)25-19-35(24-9-6-5-7-10-24)34-30(25)22-12-14-23(32)15-13-22/h5-7,9-10,12-15,19,27,29H,8,11,16-18H2,1-4H3. The molecule has 1 aliphatic heterocycles. The summed E-state index contributed by atoms with van der Waals surface area (Å²) in [5.74, 6) is -1.89. The molecule has 0 fully saturated rings. The van der Waals surface area contributed by atoms with Gasteiger partial charge in [0, 0.05) is 66.9 Å². The van der Waals surface area contributed by atoms with Gasteiger partial charge in [-0.15, -0.1) is 0 Å². The van der Waals surface area contributed by atoms with Gasteiger partial charge in [-0.25, -0.2) is 9.48 Å². The Bertz CT molecular complexity index is 1400. The van der Waals surface area contributed by atoms with Crippen molar-refractivity contribution in [3.8, 4) is 16.9 Å². The molecule has 0 N–H and O–H groups in total. The minimum Gasteiger partial charge on any atom is -0.460 e. The van der Waals surface area contributed by atoms with Crippen molar-refractivity contribution in [2.45, 2.75) is 32.6 Å². The van der Waals surface area contributed by atoms with Crippen molar-refractivity contribution < 1.29 is 23.8 Å². The number of allylic oxidation sites excluding steroid dienone is 1. The number of para-hydroxylation sites is 1. The predicted molar refractivity (Wildman–Crippen MR) is 155 cm³/mol. The smallest absolute Gasteiger partial charge is 0.336 e. The molecule has 2 aromatic carbocycles. The molecule has 2 heterocycles. The molecule has 0 spiro atoms. The molecule has 0 radical (unpaired) electrons. The van der Waals surface area contributed by atoms with Crippen molar-refractivity contribution in [3.63, 3.8) is 0 Å². The van der Waals surface area contributed by atoms with Crippen LogP contribution in [0.2, 0.25) is 5.02 Å². The van der Waals surface area contributed by atoms with Crippen LogP contribution in [-0.2, 0) is 23.8 Å². The van der Waals surface area contributed by atoms with Gasteiger partial charge in [-0.2, -0.15) is 5.10 Å². The van der Waals surface area contributed by atoms with Crippen LogP contribution in [0.25, 0.3) is 16.9 Å². The van der Waals surface area contributed by atoms with Crippen molar-refractivity contribution in [2.24, 2.45) is 10.9 Å². The second kappa shape index (κ2) is 13.7. The van der Waals surface area contributed by atoms with Crippen LogP contribution in [-0.4, -0.2) is 61.3 Å². The number of ketones is 1. The first-order valence-corrected chi connectivity index (χ1v) is 13.6. The fourth-order valence-electron chi connectivity index (χ4n) is 5.06. The largest absolute Gasteiger partial charge is 0.460 e. The minimum absolute atomic E-state index is 0.0208. The molecular formula is C31H34ClN3O5. The quantitative estimate of drug-likeness (QED) is 0.203. The lowest BCUT2D eigenvalue weighted by molar-refractivity contribution is -0.140. The third-order valence-electron chi connectivity index (χ3n) is 6.90. The molecule has 4 rings (SSSR count). The number of esters is 1. The van der Waals surface area contributed by atoms with Crippen LogP contribution in [0.5, 0.6) is 0 Å². The van der Waals surface area contributed by atoms with E-state index in [-0.39, 0.29) is 25.4 Å². The van der Waals surface area contributed by atoms with Crippen molar-refractivity contribution >= 4 is 29.1 Å². The molecule has 40 heavy (non-hydrogen) atoms. The molecule has 0 saturated heterocycles. The molecule has 2 atom stereocenters. The van der Waals surface area contributed by atoms with Crippen LogP contribution in [0.3, 0.4) is 0 Å². The van der Waals surface area contributed by atoms with Gasteiger partial charge in [-0.1, -0.05) is 41.9 Å². The highest BCUT2D eigenvalue weighted by Gasteiger charge is 2.43. The number of rotatable bonds is 12. The van der Waals surface area contributed by atoms with E-state index in [4.69, 9.17) is 30.9 Å². The number of benzene rings is 2. The van der Waals surface area contributed by atoms with Gasteiger partial charge in [0.15, 0.2) is 0 Å². The highest BCUT2D eigenvalue weighted by atomic mass is 35.5.